The first-order valence-corrected chi connectivity index (χ1v) is 17.2. The fraction of sp³-hybridized carbons (Fsp3) is 0.174. The fourth-order valence-corrected chi connectivity index (χ4v) is 7.32. The van der Waals surface area contributed by atoms with Crippen molar-refractivity contribution in [3.05, 3.63) is 132 Å². The van der Waals surface area contributed by atoms with Crippen molar-refractivity contribution in [1.82, 2.24) is 9.97 Å². The Morgan fingerprint density at radius 2 is 0.769 bits per heavy atom. The number of hydrogen-bond acceptors (Lipinski definition) is 4. The summed E-state index contributed by atoms with van der Waals surface area (Å²) in [5.74, 6) is -0.0677. The van der Waals surface area contributed by atoms with Crippen LogP contribution in [0.2, 0.25) is 0 Å². The minimum atomic E-state index is -0.306. The van der Waals surface area contributed by atoms with Crippen LogP contribution in [0.1, 0.15) is 52.7 Å². The van der Waals surface area contributed by atoms with Gasteiger partial charge in [0.1, 0.15) is 0 Å². The van der Waals surface area contributed by atoms with E-state index in [0.717, 1.165) is 77.1 Å². The average molecular weight is 713 g/mol. The summed E-state index contributed by atoms with van der Waals surface area (Å²) in [6.07, 6.45) is 0. The van der Waals surface area contributed by atoms with Crippen LogP contribution in [0.4, 0.5) is 0 Å². The maximum absolute atomic E-state index is 13.9. The van der Waals surface area contributed by atoms with Gasteiger partial charge in [-0.05, 0) is 66.4 Å². The average Bonchev–Trinajstić information content (AvgIpc) is 3.10. The molecular formula is C46H38AlClN2O2. The predicted octanol–water partition coefficient (Wildman–Crippen LogP) is 7.46. The zero-order chi connectivity index (χ0) is 34.9. The van der Waals surface area contributed by atoms with Gasteiger partial charge in [-0.3, -0.25) is 0 Å². The number of rotatable bonds is 3. The zero-order valence-electron chi connectivity index (χ0n) is 30.2. The summed E-state index contributed by atoms with van der Waals surface area (Å²) in [7, 11) is 0. The van der Waals surface area contributed by atoms with Gasteiger partial charge in [-0.2, -0.15) is 0 Å². The Kier molecular flexibility index (Phi) is 9.62. The van der Waals surface area contributed by atoms with Crippen LogP contribution in [0.25, 0.3) is 77.0 Å². The number of pyridine rings is 2. The first-order valence-electron chi connectivity index (χ1n) is 17.2. The first-order chi connectivity index (χ1) is 23.9. The molecule has 0 unspecified atom stereocenters. The molecule has 2 aromatic heterocycles. The van der Waals surface area contributed by atoms with E-state index in [0.29, 0.717) is 11.0 Å². The topological polar surface area (TPSA) is 71.9 Å². The van der Waals surface area contributed by atoms with Gasteiger partial charge < -0.3 is 22.6 Å². The van der Waals surface area contributed by atoms with E-state index < -0.39 is 0 Å². The van der Waals surface area contributed by atoms with Crippen LogP contribution in [0.3, 0.4) is 0 Å². The molecule has 6 heteroatoms. The molecule has 6 aromatic carbocycles. The second-order valence-electron chi connectivity index (χ2n) is 15.3. The van der Waals surface area contributed by atoms with Gasteiger partial charge in [-0.15, -0.1) is 0 Å². The summed E-state index contributed by atoms with van der Waals surface area (Å²) in [6, 6.07) is 41.2. The van der Waals surface area contributed by atoms with E-state index >= 15 is 0 Å². The number of halogens is 1. The maximum Gasteiger partial charge on any atom is 3.00 e. The van der Waals surface area contributed by atoms with Crippen molar-refractivity contribution in [3.8, 4) is 45.1 Å². The van der Waals surface area contributed by atoms with Gasteiger partial charge in [0.05, 0.1) is 22.4 Å². The molecule has 0 N–H and O–H groups in total. The second kappa shape index (κ2) is 13.6. The van der Waals surface area contributed by atoms with Crippen LogP contribution in [-0.4, -0.2) is 27.3 Å². The Bertz CT molecular complexity index is 2470. The van der Waals surface area contributed by atoms with Crippen molar-refractivity contribution >= 4 is 60.7 Å². The van der Waals surface area contributed by atoms with E-state index in [-0.39, 0.29) is 52.1 Å². The summed E-state index contributed by atoms with van der Waals surface area (Å²) < 4.78 is 0. The van der Waals surface area contributed by atoms with Crippen molar-refractivity contribution in [2.75, 3.05) is 0 Å². The third-order valence-corrected chi connectivity index (χ3v) is 9.91. The molecule has 8 aromatic rings. The van der Waals surface area contributed by atoms with E-state index in [4.69, 9.17) is 9.97 Å². The van der Waals surface area contributed by atoms with E-state index in [1.807, 2.05) is 48.5 Å². The number of aromatic nitrogens is 2. The number of nitrogens with zero attached hydrogens (tertiary/aromatic N) is 2. The summed E-state index contributed by atoms with van der Waals surface area (Å²) in [4.78, 5) is 10.2. The SMILES string of the molecule is CC(C)(C)c1ccc2ccc(-c3ccc4ccccc4c3-c3c(-c4ccc5ccc(C(C)(C)C)c([O-])c5n4)ccc4ccccc34)nc2c1[O-].[Al+3].[Cl-]. The predicted molar refractivity (Wildman–Crippen MR) is 210 cm³/mol. The van der Waals surface area contributed by atoms with Gasteiger partial charge in [0.15, 0.2) is 0 Å². The molecule has 52 heavy (non-hydrogen) atoms. The van der Waals surface area contributed by atoms with Crippen LogP contribution in [0.5, 0.6) is 11.5 Å². The maximum atomic E-state index is 13.9. The largest absolute Gasteiger partial charge is 3.00 e. The third kappa shape index (κ3) is 6.18. The first kappa shape index (κ1) is 36.9. The van der Waals surface area contributed by atoms with E-state index in [9.17, 15) is 10.2 Å². The molecule has 0 atom stereocenters. The van der Waals surface area contributed by atoms with Gasteiger partial charge in [0.2, 0.25) is 0 Å². The number of fused-ring (bicyclic) bond motifs is 4. The monoisotopic (exact) mass is 712 g/mol. The van der Waals surface area contributed by atoms with Crippen LogP contribution in [0.15, 0.2) is 121 Å². The van der Waals surface area contributed by atoms with Crippen molar-refractivity contribution in [2.24, 2.45) is 0 Å². The molecule has 0 fully saturated rings. The molecular weight excluding hydrogens is 675 g/mol. The van der Waals surface area contributed by atoms with Crippen molar-refractivity contribution in [3.63, 3.8) is 0 Å². The molecule has 8 rings (SSSR count). The minimum absolute atomic E-state index is 0. The molecule has 0 aliphatic rings. The quantitative estimate of drug-likeness (QED) is 0.179. The summed E-state index contributed by atoms with van der Waals surface area (Å²) in [5.41, 5.74) is 7.14. The molecule has 0 saturated carbocycles. The van der Waals surface area contributed by atoms with Gasteiger partial charge in [0.25, 0.3) is 0 Å². The number of hydrogen-bond donors (Lipinski definition) is 0. The van der Waals surface area contributed by atoms with Crippen molar-refractivity contribution < 1.29 is 22.6 Å². The Hall–Kier alpha value is -4.92. The third-order valence-electron chi connectivity index (χ3n) is 9.91. The van der Waals surface area contributed by atoms with Crippen LogP contribution in [0, 0.1) is 0 Å². The zero-order valence-corrected chi connectivity index (χ0v) is 32.1. The molecule has 0 radical (unpaired) electrons. The molecule has 0 amide bonds. The van der Waals surface area contributed by atoms with Crippen molar-refractivity contribution in [2.45, 2.75) is 52.4 Å². The van der Waals surface area contributed by atoms with Crippen molar-refractivity contribution in [1.29, 1.82) is 0 Å². The smallest absolute Gasteiger partial charge is 1.00 e. The summed E-state index contributed by atoms with van der Waals surface area (Å²) in [5, 5.41) is 33.7. The number of benzene rings is 6. The van der Waals surface area contributed by atoms with Crippen LogP contribution in [-0.2, 0) is 10.8 Å². The van der Waals surface area contributed by atoms with Crippen LogP contribution < -0.4 is 22.6 Å². The molecule has 0 saturated heterocycles. The Morgan fingerprint density at radius 1 is 0.423 bits per heavy atom. The summed E-state index contributed by atoms with van der Waals surface area (Å²) >= 11 is 0. The molecule has 4 nitrogen and oxygen atoms in total. The molecule has 0 bridgehead atoms. The van der Waals surface area contributed by atoms with Gasteiger partial charge in [-0.1, -0.05) is 162 Å². The minimum Gasteiger partial charge on any atom is -1.00 e. The van der Waals surface area contributed by atoms with Gasteiger partial charge >= 0.3 is 17.4 Å². The molecule has 254 valence electrons. The van der Waals surface area contributed by atoms with Gasteiger partial charge in [0, 0.05) is 22.3 Å². The van der Waals surface area contributed by atoms with E-state index in [1.165, 1.54) is 0 Å². The Balaban J connectivity index is 0.00000232. The Labute approximate surface area is 321 Å². The normalized spacial score (nSPS) is 11.9. The fourth-order valence-electron chi connectivity index (χ4n) is 7.32. The van der Waals surface area contributed by atoms with Gasteiger partial charge in [-0.25, -0.2) is 9.97 Å². The van der Waals surface area contributed by atoms with Crippen LogP contribution >= 0.6 is 0 Å². The summed E-state index contributed by atoms with van der Waals surface area (Å²) in [6.45, 7) is 12.4. The Morgan fingerprint density at radius 3 is 1.15 bits per heavy atom. The second-order valence-corrected chi connectivity index (χ2v) is 15.3. The van der Waals surface area contributed by atoms with E-state index in [1.54, 1.807) is 0 Å². The molecule has 0 aliphatic heterocycles. The molecule has 0 aliphatic carbocycles. The standard InChI is InChI=1S/C46H40N2O2.Al.ClH/c1-45(2,3)35-23-17-29-19-25-37(47-41(29)43(35)49)33-21-15-27-11-7-9-13-31(27)39(33)40-32-14-10-8-12-28(32)16-22-34(40)38-26-20-30-18-24-36(46(4,5)6)44(50)42(30)48-38;;/h7-26,49-50H,1-6H3;;1H/q;+3;/p-3. The van der Waals surface area contributed by atoms with E-state index in [2.05, 4.69) is 114 Å². The molecule has 0 spiro atoms. The molecule has 2 heterocycles.